The number of nitrogens with zero attached hydrogens (tertiary/aromatic N) is 3. The summed E-state index contributed by atoms with van der Waals surface area (Å²) in [7, 11) is 0. The molecule has 0 amide bonds. The third-order valence-corrected chi connectivity index (χ3v) is 3.67. The lowest BCUT2D eigenvalue weighted by Gasteiger charge is -2.34. The molecule has 17 heavy (non-hydrogen) atoms. The Labute approximate surface area is 103 Å². The maximum absolute atomic E-state index is 8.92. The molecule has 1 aromatic rings. The smallest absolute Gasteiger partial charge is 0.151 e. The Kier molecular flexibility index (Phi) is 3.94. The summed E-state index contributed by atoms with van der Waals surface area (Å²) in [5, 5.41) is 17.1. The van der Waals surface area contributed by atoms with E-state index in [9.17, 15) is 0 Å². The zero-order valence-corrected chi connectivity index (χ0v) is 10.6. The van der Waals surface area contributed by atoms with Gasteiger partial charge in [0.1, 0.15) is 0 Å². The molecule has 4 heteroatoms. The summed E-state index contributed by atoms with van der Waals surface area (Å²) in [6.07, 6.45) is 2.47. The van der Waals surface area contributed by atoms with Crippen molar-refractivity contribution in [2.75, 3.05) is 18.0 Å². The van der Waals surface area contributed by atoms with Crippen molar-refractivity contribution in [3.05, 3.63) is 17.8 Å². The van der Waals surface area contributed by atoms with Crippen LogP contribution in [-0.2, 0) is 6.61 Å². The van der Waals surface area contributed by atoms with Crippen LogP contribution in [0.1, 0.15) is 32.4 Å². The topological polar surface area (TPSA) is 49.2 Å². The van der Waals surface area contributed by atoms with Gasteiger partial charge in [-0.2, -0.15) is 5.10 Å². The Morgan fingerprint density at radius 1 is 1.29 bits per heavy atom. The van der Waals surface area contributed by atoms with Crippen molar-refractivity contribution in [3.63, 3.8) is 0 Å². The van der Waals surface area contributed by atoms with E-state index in [1.54, 1.807) is 0 Å². The molecule has 1 aliphatic rings. The van der Waals surface area contributed by atoms with Crippen molar-refractivity contribution >= 4 is 5.82 Å². The van der Waals surface area contributed by atoms with Gasteiger partial charge in [-0.15, -0.1) is 5.10 Å². The number of hydrogen-bond acceptors (Lipinski definition) is 4. The van der Waals surface area contributed by atoms with Gasteiger partial charge in [0.25, 0.3) is 0 Å². The molecule has 1 N–H and O–H groups in total. The molecule has 1 aliphatic heterocycles. The average molecular weight is 235 g/mol. The quantitative estimate of drug-likeness (QED) is 0.868. The van der Waals surface area contributed by atoms with Crippen molar-refractivity contribution in [3.8, 4) is 0 Å². The third-order valence-electron chi connectivity index (χ3n) is 3.67. The molecular formula is C13H21N3O. The van der Waals surface area contributed by atoms with Gasteiger partial charge < -0.3 is 10.0 Å². The number of rotatable bonds is 3. The van der Waals surface area contributed by atoms with Crippen LogP contribution in [-0.4, -0.2) is 28.4 Å². The third kappa shape index (κ3) is 2.94. The number of anilines is 1. The fraction of sp³-hybridized carbons (Fsp3) is 0.692. The van der Waals surface area contributed by atoms with Crippen LogP contribution < -0.4 is 4.90 Å². The second kappa shape index (κ2) is 5.45. The fourth-order valence-corrected chi connectivity index (χ4v) is 2.40. The first-order valence-corrected chi connectivity index (χ1v) is 6.39. The van der Waals surface area contributed by atoms with Gasteiger partial charge in [-0.05, 0) is 36.8 Å². The highest BCUT2D eigenvalue weighted by Gasteiger charge is 2.22. The predicted octanol–water partition coefficient (Wildman–Crippen LogP) is 1.84. The van der Waals surface area contributed by atoms with E-state index in [-0.39, 0.29) is 6.61 Å². The van der Waals surface area contributed by atoms with E-state index in [2.05, 4.69) is 28.9 Å². The second-order valence-corrected chi connectivity index (χ2v) is 5.11. The first-order valence-electron chi connectivity index (χ1n) is 6.39. The Balaban J connectivity index is 1.95. The average Bonchev–Trinajstić information content (AvgIpc) is 2.39. The van der Waals surface area contributed by atoms with E-state index in [1.807, 2.05) is 12.1 Å². The van der Waals surface area contributed by atoms with Crippen LogP contribution in [0, 0.1) is 11.8 Å². The molecule has 94 valence electrons. The van der Waals surface area contributed by atoms with Crippen LogP contribution in [0.25, 0.3) is 0 Å². The van der Waals surface area contributed by atoms with Crippen molar-refractivity contribution in [1.29, 1.82) is 0 Å². The van der Waals surface area contributed by atoms with E-state index in [0.29, 0.717) is 5.69 Å². The van der Waals surface area contributed by atoms with Crippen molar-refractivity contribution in [1.82, 2.24) is 10.2 Å². The molecule has 0 bridgehead atoms. The minimum absolute atomic E-state index is 0.0390. The minimum Gasteiger partial charge on any atom is -0.390 e. The number of aromatic nitrogens is 2. The van der Waals surface area contributed by atoms with E-state index >= 15 is 0 Å². The Bertz CT molecular complexity index is 342. The van der Waals surface area contributed by atoms with Crippen LogP contribution >= 0.6 is 0 Å². The zero-order chi connectivity index (χ0) is 12.3. The molecule has 2 heterocycles. The Hall–Kier alpha value is -1.16. The van der Waals surface area contributed by atoms with E-state index in [0.717, 1.165) is 30.7 Å². The van der Waals surface area contributed by atoms with E-state index < -0.39 is 0 Å². The summed E-state index contributed by atoms with van der Waals surface area (Å²) in [5.41, 5.74) is 0.630. The monoisotopic (exact) mass is 235 g/mol. The van der Waals surface area contributed by atoms with Crippen LogP contribution in [0.4, 0.5) is 5.82 Å². The zero-order valence-electron chi connectivity index (χ0n) is 10.6. The van der Waals surface area contributed by atoms with Crippen molar-refractivity contribution in [2.24, 2.45) is 11.8 Å². The van der Waals surface area contributed by atoms with Crippen molar-refractivity contribution in [2.45, 2.75) is 33.3 Å². The molecule has 2 rings (SSSR count). The summed E-state index contributed by atoms with van der Waals surface area (Å²) in [5.74, 6) is 2.56. The molecule has 0 spiro atoms. The van der Waals surface area contributed by atoms with Gasteiger partial charge in [0.15, 0.2) is 5.82 Å². The molecule has 0 aliphatic carbocycles. The maximum atomic E-state index is 8.92. The van der Waals surface area contributed by atoms with Crippen LogP contribution in [0.5, 0.6) is 0 Å². The number of aliphatic hydroxyl groups excluding tert-OH is 1. The molecule has 0 atom stereocenters. The molecule has 0 unspecified atom stereocenters. The number of piperidine rings is 1. The maximum Gasteiger partial charge on any atom is 0.151 e. The Morgan fingerprint density at radius 2 is 2.00 bits per heavy atom. The number of hydrogen-bond donors (Lipinski definition) is 1. The van der Waals surface area contributed by atoms with Gasteiger partial charge in [-0.25, -0.2) is 0 Å². The summed E-state index contributed by atoms with van der Waals surface area (Å²) in [6.45, 7) is 6.70. The predicted molar refractivity (Wildman–Crippen MR) is 67.7 cm³/mol. The molecular weight excluding hydrogens is 214 g/mol. The molecule has 0 saturated carbocycles. The lowest BCUT2D eigenvalue weighted by Crippen LogP contribution is -2.35. The van der Waals surface area contributed by atoms with Gasteiger partial charge in [0, 0.05) is 13.1 Å². The first kappa shape index (κ1) is 12.3. The Morgan fingerprint density at radius 3 is 2.47 bits per heavy atom. The second-order valence-electron chi connectivity index (χ2n) is 5.11. The summed E-state index contributed by atoms with van der Waals surface area (Å²) in [4.78, 5) is 2.28. The number of aliphatic hydroxyl groups is 1. The molecule has 4 nitrogen and oxygen atoms in total. The van der Waals surface area contributed by atoms with Gasteiger partial charge in [0.2, 0.25) is 0 Å². The highest BCUT2D eigenvalue weighted by atomic mass is 16.3. The van der Waals surface area contributed by atoms with Crippen LogP contribution in [0.15, 0.2) is 12.1 Å². The largest absolute Gasteiger partial charge is 0.390 e. The molecule has 1 saturated heterocycles. The van der Waals surface area contributed by atoms with Crippen LogP contribution in [0.2, 0.25) is 0 Å². The van der Waals surface area contributed by atoms with Gasteiger partial charge >= 0.3 is 0 Å². The molecule has 0 radical (unpaired) electrons. The van der Waals surface area contributed by atoms with Gasteiger partial charge in [-0.1, -0.05) is 13.8 Å². The fourth-order valence-electron chi connectivity index (χ4n) is 2.40. The van der Waals surface area contributed by atoms with Gasteiger partial charge in [-0.3, -0.25) is 0 Å². The first-order chi connectivity index (χ1) is 8.20. The standard InChI is InChI=1S/C13H21N3O/c1-10(2)11-5-7-16(8-6-11)13-4-3-12(9-17)14-15-13/h3-4,10-11,17H,5-9H2,1-2H3. The molecule has 1 aromatic heterocycles. The van der Waals surface area contributed by atoms with Gasteiger partial charge in [0.05, 0.1) is 12.3 Å². The van der Waals surface area contributed by atoms with E-state index in [4.69, 9.17) is 5.11 Å². The summed E-state index contributed by atoms with van der Waals surface area (Å²) < 4.78 is 0. The van der Waals surface area contributed by atoms with Crippen LogP contribution in [0.3, 0.4) is 0 Å². The molecule has 1 fully saturated rings. The minimum atomic E-state index is -0.0390. The van der Waals surface area contributed by atoms with E-state index in [1.165, 1.54) is 12.8 Å². The lowest BCUT2D eigenvalue weighted by atomic mass is 9.87. The van der Waals surface area contributed by atoms with Crippen molar-refractivity contribution < 1.29 is 5.11 Å². The lowest BCUT2D eigenvalue weighted by molar-refractivity contribution is 0.275. The highest BCUT2D eigenvalue weighted by molar-refractivity contribution is 5.37. The SMILES string of the molecule is CC(C)C1CCN(c2ccc(CO)nn2)CC1. The summed E-state index contributed by atoms with van der Waals surface area (Å²) in [6, 6.07) is 3.80. The molecule has 0 aromatic carbocycles. The normalized spacial score (nSPS) is 17.8. The summed E-state index contributed by atoms with van der Waals surface area (Å²) >= 11 is 0. The highest BCUT2D eigenvalue weighted by Crippen LogP contribution is 2.26.